The zero-order valence-electron chi connectivity index (χ0n) is 18.9. The van der Waals surface area contributed by atoms with E-state index < -0.39 is 0 Å². The molecule has 0 aliphatic rings. The summed E-state index contributed by atoms with van der Waals surface area (Å²) in [5.41, 5.74) is 2.72. The highest BCUT2D eigenvalue weighted by molar-refractivity contribution is 7.93. The number of aromatic nitrogens is 4. The molecule has 0 aliphatic heterocycles. The maximum atomic E-state index is 10.7. The van der Waals surface area contributed by atoms with Crippen LogP contribution >= 0.6 is 23.6 Å². The molecule has 0 fully saturated rings. The van der Waals surface area contributed by atoms with Crippen LogP contribution in [0.4, 0.5) is 5.82 Å². The number of halogens is 1. The van der Waals surface area contributed by atoms with Gasteiger partial charge < -0.3 is 9.87 Å². The van der Waals surface area contributed by atoms with Gasteiger partial charge in [0.1, 0.15) is 12.1 Å². The highest BCUT2D eigenvalue weighted by Gasteiger charge is 2.07. The van der Waals surface area contributed by atoms with Crippen molar-refractivity contribution in [1.82, 2.24) is 19.7 Å². The van der Waals surface area contributed by atoms with Gasteiger partial charge in [0.05, 0.1) is 17.8 Å². The van der Waals surface area contributed by atoms with E-state index in [1.807, 2.05) is 36.0 Å². The summed E-state index contributed by atoms with van der Waals surface area (Å²) < 4.78 is 10.7. The van der Waals surface area contributed by atoms with Crippen LogP contribution in [0.5, 0.6) is 0 Å². The molecule has 0 radical (unpaired) electrons. The van der Waals surface area contributed by atoms with Gasteiger partial charge in [-0.15, -0.1) is 0 Å². The maximum absolute atomic E-state index is 10.7. The number of nitrogens with one attached hydrogen (secondary N) is 1. The molecule has 0 spiro atoms. The Bertz CT molecular complexity index is 898. The van der Waals surface area contributed by atoms with Crippen molar-refractivity contribution in [1.29, 1.82) is 0 Å². The number of carbonyl (C=O) groups is 1. The minimum atomic E-state index is 0.470. The van der Waals surface area contributed by atoms with Crippen LogP contribution in [0.15, 0.2) is 60.2 Å². The minimum absolute atomic E-state index is 0.470. The fourth-order valence-electron chi connectivity index (χ4n) is 2.66. The second kappa shape index (κ2) is 16.2. The van der Waals surface area contributed by atoms with Crippen molar-refractivity contribution in [3.8, 4) is 0 Å². The van der Waals surface area contributed by atoms with E-state index >= 15 is 0 Å². The normalized spacial score (nSPS) is 12.2. The number of hydrogen-bond acceptors (Lipinski definition) is 7. The van der Waals surface area contributed by atoms with Gasteiger partial charge in [-0.05, 0) is 50.4 Å². The SMILES string of the molecule is C=C(Cl)/C=C\C=C(/C)Cn1ccc(C)n1.CCC(CCNc1ncncc1C=O)CSO. The first kappa shape index (κ1) is 27.6. The summed E-state index contributed by atoms with van der Waals surface area (Å²) in [5.74, 6) is 1.78. The van der Waals surface area contributed by atoms with Crippen LogP contribution < -0.4 is 5.32 Å². The van der Waals surface area contributed by atoms with Gasteiger partial charge in [0.15, 0.2) is 6.29 Å². The highest BCUT2D eigenvalue weighted by atomic mass is 35.5. The van der Waals surface area contributed by atoms with Crippen LogP contribution in [0.3, 0.4) is 0 Å². The molecule has 1 unspecified atom stereocenters. The van der Waals surface area contributed by atoms with E-state index in [1.54, 1.807) is 6.08 Å². The van der Waals surface area contributed by atoms with E-state index in [0.717, 1.165) is 55.7 Å². The summed E-state index contributed by atoms with van der Waals surface area (Å²) in [6.07, 6.45) is 13.2. The molecule has 0 saturated carbocycles. The van der Waals surface area contributed by atoms with Crippen molar-refractivity contribution in [2.75, 3.05) is 17.6 Å². The van der Waals surface area contributed by atoms with Crippen LogP contribution in [0, 0.1) is 12.8 Å². The van der Waals surface area contributed by atoms with E-state index in [1.165, 1.54) is 18.1 Å². The molecule has 1 atom stereocenters. The number of rotatable bonds is 12. The van der Waals surface area contributed by atoms with Crippen LogP contribution in [0.2, 0.25) is 0 Å². The lowest BCUT2D eigenvalue weighted by molar-refractivity contribution is 0.112. The first-order valence-electron chi connectivity index (χ1n) is 10.3. The molecular weight excluding hydrogens is 446 g/mol. The Labute approximate surface area is 199 Å². The lowest BCUT2D eigenvalue weighted by Crippen LogP contribution is -2.12. The lowest BCUT2D eigenvalue weighted by Gasteiger charge is -2.13. The quantitative estimate of drug-likeness (QED) is 0.227. The molecule has 7 nitrogen and oxygen atoms in total. The van der Waals surface area contributed by atoms with Crippen molar-refractivity contribution < 1.29 is 9.35 Å². The summed E-state index contributed by atoms with van der Waals surface area (Å²) in [4.78, 5) is 18.5. The third kappa shape index (κ3) is 11.8. The van der Waals surface area contributed by atoms with Gasteiger partial charge in [-0.3, -0.25) is 9.48 Å². The summed E-state index contributed by atoms with van der Waals surface area (Å²) in [5, 5.41) is 7.95. The number of anilines is 1. The average molecular weight is 478 g/mol. The van der Waals surface area contributed by atoms with Crippen LogP contribution in [-0.4, -0.2) is 42.9 Å². The Hall–Kier alpha value is -2.42. The Kier molecular flexibility index (Phi) is 14.0. The van der Waals surface area contributed by atoms with Gasteiger partial charge in [0, 0.05) is 29.7 Å². The number of aldehydes is 1. The highest BCUT2D eigenvalue weighted by Crippen LogP contribution is 2.14. The third-order valence-corrected chi connectivity index (χ3v) is 5.19. The van der Waals surface area contributed by atoms with E-state index in [-0.39, 0.29) is 0 Å². The molecule has 0 bridgehead atoms. The van der Waals surface area contributed by atoms with E-state index in [2.05, 4.69) is 40.8 Å². The summed E-state index contributed by atoms with van der Waals surface area (Å²) in [6.45, 7) is 11.2. The van der Waals surface area contributed by atoms with Gasteiger partial charge >= 0.3 is 0 Å². The first-order chi connectivity index (χ1) is 15.4. The van der Waals surface area contributed by atoms with Gasteiger partial charge in [-0.1, -0.05) is 49.2 Å². The number of nitrogens with zero attached hydrogens (tertiary/aromatic N) is 4. The molecule has 0 aliphatic carbocycles. The Morgan fingerprint density at radius 2 is 2.25 bits per heavy atom. The van der Waals surface area contributed by atoms with E-state index in [0.29, 0.717) is 22.3 Å². The first-order valence-corrected chi connectivity index (χ1v) is 11.6. The number of hydrogen-bond donors (Lipinski definition) is 2. The van der Waals surface area contributed by atoms with Gasteiger partial charge in [0.2, 0.25) is 0 Å². The maximum Gasteiger partial charge on any atom is 0.155 e. The topological polar surface area (TPSA) is 92.9 Å². The molecule has 32 heavy (non-hydrogen) atoms. The number of carbonyl (C=O) groups excluding carboxylic acids is 1. The predicted octanol–water partition coefficient (Wildman–Crippen LogP) is 5.77. The van der Waals surface area contributed by atoms with Crippen molar-refractivity contribution in [3.63, 3.8) is 0 Å². The molecule has 2 aromatic heterocycles. The van der Waals surface area contributed by atoms with Gasteiger partial charge in [-0.25, -0.2) is 9.97 Å². The third-order valence-electron chi connectivity index (χ3n) is 4.44. The fraction of sp³-hybridized carbons (Fsp3) is 0.391. The summed E-state index contributed by atoms with van der Waals surface area (Å²) in [7, 11) is 0. The predicted molar refractivity (Wildman–Crippen MR) is 134 cm³/mol. The Morgan fingerprint density at radius 1 is 1.47 bits per heavy atom. The van der Waals surface area contributed by atoms with Crippen LogP contribution in [-0.2, 0) is 6.54 Å². The zero-order valence-corrected chi connectivity index (χ0v) is 20.4. The number of aryl methyl sites for hydroxylation is 1. The largest absolute Gasteiger partial charge is 0.369 e. The van der Waals surface area contributed by atoms with Gasteiger partial charge in [0.25, 0.3) is 0 Å². The van der Waals surface area contributed by atoms with E-state index in [4.69, 9.17) is 16.2 Å². The molecule has 0 amide bonds. The fourth-order valence-corrected chi connectivity index (χ4v) is 3.34. The molecule has 2 rings (SSSR count). The van der Waals surface area contributed by atoms with Crippen molar-refractivity contribution in [3.05, 3.63) is 71.5 Å². The standard InChI is InChI=1S/C12H15ClN2.C11H17N3O2S/c1-10(5-4-6-11(2)13)9-15-8-7-12(3)14-15;1-2-9(7-17-16)3-4-13-11-10(6-15)5-12-8-14-11/h4-8H,2,9H2,1,3H3;5-6,8-9,16H,2-4,7H2,1H3,(H,12,13,14)/b6-4-,10-5+;. The second-order valence-electron chi connectivity index (χ2n) is 7.20. The monoisotopic (exact) mass is 477 g/mol. The summed E-state index contributed by atoms with van der Waals surface area (Å²) in [6, 6.07) is 1.99. The minimum Gasteiger partial charge on any atom is -0.369 e. The van der Waals surface area contributed by atoms with Crippen molar-refractivity contribution in [2.24, 2.45) is 5.92 Å². The Morgan fingerprint density at radius 3 is 2.84 bits per heavy atom. The molecule has 0 saturated heterocycles. The Balaban J connectivity index is 0.000000323. The molecule has 9 heteroatoms. The molecule has 2 heterocycles. The zero-order chi connectivity index (χ0) is 23.8. The van der Waals surface area contributed by atoms with Crippen molar-refractivity contribution >= 4 is 35.7 Å². The van der Waals surface area contributed by atoms with Crippen molar-refractivity contribution in [2.45, 2.75) is 40.2 Å². The molecule has 0 aromatic carbocycles. The summed E-state index contributed by atoms with van der Waals surface area (Å²) >= 11 is 6.48. The average Bonchev–Trinajstić information content (AvgIpc) is 3.18. The smallest absolute Gasteiger partial charge is 0.155 e. The second-order valence-corrected chi connectivity index (χ2v) is 8.28. The molecule has 2 aromatic rings. The molecule has 2 N–H and O–H groups in total. The van der Waals surface area contributed by atoms with E-state index in [9.17, 15) is 4.79 Å². The van der Waals surface area contributed by atoms with Crippen LogP contribution in [0.1, 0.15) is 42.7 Å². The molecular formula is C23H32ClN5O2S. The number of allylic oxidation sites excluding steroid dienone is 5. The van der Waals surface area contributed by atoms with Crippen LogP contribution in [0.25, 0.3) is 0 Å². The lowest BCUT2D eigenvalue weighted by atomic mass is 10.1. The van der Waals surface area contributed by atoms with Gasteiger partial charge in [-0.2, -0.15) is 5.10 Å². The molecule has 174 valence electrons.